The lowest BCUT2D eigenvalue weighted by atomic mass is 9.97. The molecule has 1 N–H and O–H groups in total. The summed E-state index contributed by atoms with van der Waals surface area (Å²) in [7, 11) is -3.54. The number of aryl methyl sites for hydroxylation is 1. The van der Waals surface area contributed by atoms with Gasteiger partial charge in [-0.25, -0.2) is 8.42 Å². The van der Waals surface area contributed by atoms with Crippen LogP contribution in [0.5, 0.6) is 0 Å². The monoisotopic (exact) mass is 428 g/mol. The van der Waals surface area contributed by atoms with E-state index >= 15 is 0 Å². The van der Waals surface area contributed by atoms with Crippen LogP contribution in [0.1, 0.15) is 37.7 Å². The van der Waals surface area contributed by atoms with Gasteiger partial charge < -0.3 is 5.32 Å². The molecule has 0 heterocycles. The maximum Gasteiger partial charge on any atom is 0.240 e. The van der Waals surface area contributed by atoms with E-state index in [1.165, 1.54) is 18.4 Å². The molecule has 7 heteroatoms. The highest BCUT2D eigenvalue weighted by Gasteiger charge is 2.21. The Labute approximate surface area is 158 Å². The van der Waals surface area contributed by atoms with Gasteiger partial charge >= 0.3 is 0 Å². The number of carbonyl (C=O) groups excluding carboxylic acids is 1. The largest absolute Gasteiger partial charge is 0.354 e. The zero-order valence-corrected chi connectivity index (χ0v) is 17.1. The molecule has 5 nitrogen and oxygen atoms in total. The fourth-order valence-corrected chi connectivity index (χ4v) is 3.96. The number of halogens is 1. The Hall–Kier alpha value is -1.34. The Morgan fingerprint density at radius 2 is 2.08 bits per heavy atom. The summed E-state index contributed by atoms with van der Waals surface area (Å²) in [5, 5.41) is 2.83. The van der Waals surface area contributed by atoms with Crippen LogP contribution in [0.2, 0.25) is 0 Å². The summed E-state index contributed by atoms with van der Waals surface area (Å²) in [6, 6.07) is 5.24. The molecule has 1 aromatic rings. The second-order valence-corrected chi connectivity index (χ2v) is 9.17. The molecule has 1 aliphatic carbocycles. The van der Waals surface area contributed by atoms with Crippen LogP contribution in [-0.4, -0.2) is 33.7 Å². The minimum atomic E-state index is -3.54. The van der Waals surface area contributed by atoms with Gasteiger partial charge in [0.15, 0.2) is 0 Å². The molecule has 0 unspecified atom stereocenters. The van der Waals surface area contributed by atoms with Crippen LogP contribution in [0.15, 0.2) is 34.3 Å². The van der Waals surface area contributed by atoms with Gasteiger partial charge in [-0.1, -0.05) is 27.6 Å². The minimum absolute atomic E-state index is 0.209. The third-order valence-electron chi connectivity index (χ3n) is 4.27. The molecule has 0 fully saturated rings. The average Bonchev–Trinajstić information content (AvgIpc) is 2.55. The van der Waals surface area contributed by atoms with Crippen LogP contribution >= 0.6 is 15.9 Å². The number of hydrogen-bond acceptors (Lipinski definition) is 3. The highest BCUT2D eigenvalue weighted by molar-refractivity contribution is 9.10. The van der Waals surface area contributed by atoms with Gasteiger partial charge in [0.25, 0.3) is 0 Å². The summed E-state index contributed by atoms with van der Waals surface area (Å²) in [5.41, 5.74) is 2.79. The van der Waals surface area contributed by atoms with Crippen LogP contribution in [0.3, 0.4) is 0 Å². The molecule has 138 valence electrons. The number of benzene rings is 1. The lowest BCUT2D eigenvalue weighted by Gasteiger charge is -2.22. The first kappa shape index (κ1) is 20.0. The molecule has 25 heavy (non-hydrogen) atoms. The summed E-state index contributed by atoms with van der Waals surface area (Å²) in [4.78, 5) is 12.2. The van der Waals surface area contributed by atoms with Gasteiger partial charge in [-0.3, -0.25) is 9.10 Å². The fourth-order valence-electron chi connectivity index (χ4n) is 2.86. The molecule has 0 radical (unpaired) electrons. The highest BCUT2D eigenvalue weighted by atomic mass is 79.9. The van der Waals surface area contributed by atoms with E-state index in [0.717, 1.165) is 39.9 Å². The van der Waals surface area contributed by atoms with Crippen molar-refractivity contribution in [2.75, 3.05) is 23.7 Å². The SMILES string of the molecule is Cc1cc(N(CC(=O)NCCC2=CCCCC2)S(C)(=O)=O)ccc1Br. The van der Waals surface area contributed by atoms with Gasteiger partial charge in [0, 0.05) is 11.0 Å². The second-order valence-electron chi connectivity index (χ2n) is 6.41. The van der Waals surface area contributed by atoms with Crippen LogP contribution in [-0.2, 0) is 14.8 Å². The topological polar surface area (TPSA) is 66.5 Å². The quantitative estimate of drug-likeness (QED) is 0.675. The maximum absolute atomic E-state index is 12.2. The van der Waals surface area contributed by atoms with Crippen molar-refractivity contribution in [3.05, 3.63) is 39.9 Å². The van der Waals surface area contributed by atoms with Crippen LogP contribution in [0.4, 0.5) is 5.69 Å². The van der Waals surface area contributed by atoms with E-state index in [-0.39, 0.29) is 12.5 Å². The Kier molecular flexibility index (Phi) is 7.07. The molecule has 0 aromatic heterocycles. The Morgan fingerprint density at radius 1 is 1.32 bits per heavy atom. The first-order valence-electron chi connectivity index (χ1n) is 8.46. The Morgan fingerprint density at radius 3 is 2.68 bits per heavy atom. The summed E-state index contributed by atoms with van der Waals surface area (Å²) < 4.78 is 26.3. The first-order valence-corrected chi connectivity index (χ1v) is 11.1. The molecule has 0 atom stereocenters. The Balaban J connectivity index is 1.98. The summed E-state index contributed by atoms with van der Waals surface area (Å²) in [6.45, 7) is 2.21. The maximum atomic E-state index is 12.2. The first-order chi connectivity index (χ1) is 11.8. The predicted octanol–water partition coefficient (Wildman–Crippen LogP) is 3.53. The van der Waals surface area contributed by atoms with Crippen molar-refractivity contribution in [1.82, 2.24) is 5.32 Å². The van der Waals surface area contributed by atoms with Gasteiger partial charge in [-0.15, -0.1) is 0 Å². The van der Waals surface area contributed by atoms with E-state index in [1.54, 1.807) is 18.2 Å². The van der Waals surface area contributed by atoms with E-state index in [4.69, 9.17) is 0 Å². The number of hydrogen-bond donors (Lipinski definition) is 1. The summed E-state index contributed by atoms with van der Waals surface area (Å²) in [6.07, 6.45) is 8.88. The summed E-state index contributed by atoms with van der Waals surface area (Å²) >= 11 is 3.40. The molecule has 0 saturated heterocycles. The lowest BCUT2D eigenvalue weighted by Crippen LogP contribution is -2.40. The number of rotatable bonds is 7. The molecule has 0 spiro atoms. The van der Waals surface area contributed by atoms with Crippen molar-refractivity contribution in [2.24, 2.45) is 0 Å². The van der Waals surface area contributed by atoms with Gasteiger partial charge in [0.2, 0.25) is 15.9 Å². The average molecular weight is 429 g/mol. The van der Waals surface area contributed by atoms with E-state index in [0.29, 0.717) is 12.2 Å². The number of anilines is 1. The van der Waals surface area contributed by atoms with Gasteiger partial charge in [-0.05, 0) is 62.8 Å². The molecule has 1 aliphatic rings. The molecule has 0 bridgehead atoms. The minimum Gasteiger partial charge on any atom is -0.354 e. The lowest BCUT2D eigenvalue weighted by molar-refractivity contribution is -0.119. The van der Waals surface area contributed by atoms with Crippen molar-refractivity contribution in [3.63, 3.8) is 0 Å². The zero-order chi connectivity index (χ0) is 18.4. The zero-order valence-electron chi connectivity index (χ0n) is 14.7. The highest BCUT2D eigenvalue weighted by Crippen LogP contribution is 2.24. The molecular formula is C18H25BrN2O3S. The van der Waals surface area contributed by atoms with E-state index in [2.05, 4.69) is 27.3 Å². The molecule has 2 rings (SSSR count). The Bertz CT molecular complexity index is 760. The van der Waals surface area contributed by atoms with E-state index in [1.807, 2.05) is 6.92 Å². The molecule has 1 amide bonds. The predicted molar refractivity (Wildman–Crippen MR) is 105 cm³/mol. The molecular weight excluding hydrogens is 404 g/mol. The molecule has 0 saturated carbocycles. The van der Waals surface area contributed by atoms with Crippen LogP contribution in [0, 0.1) is 6.92 Å². The van der Waals surface area contributed by atoms with Crippen molar-refractivity contribution >= 4 is 37.5 Å². The number of nitrogens with one attached hydrogen (secondary N) is 1. The number of carbonyl (C=O) groups is 1. The van der Waals surface area contributed by atoms with E-state index < -0.39 is 10.0 Å². The van der Waals surface area contributed by atoms with Gasteiger partial charge in [-0.2, -0.15) is 0 Å². The van der Waals surface area contributed by atoms with Crippen LogP contribution in [0.25, 0.3) is 0 Å². The number of allylic oxidation sites excluding steroid dienone is 1. The van der Waals surface area contributed by atoms with Gasteiger partial charge in [0.1, 0.15) is 6.54 Å². The van der Waals surface area contributed by atoms with Gasteiger partial charge in [0.05, 0.1) is 11.9 Å². The van der Waals surface area contributed by atoms with Crippen molar-refractivity contribution in [3.8, 4) is 0 Å². The summed E-state index contributed by atoms with van der Waals surface area (Å²) in [5.74, 6) is -0.289. The van der Waals surface area contributed by atoms with Crippen molar-refractivity contribution in [2.45, 2.75) is 39.0 Å². The van der Waals surface area contributed by atoms with Crippen molar-refractivity contribution < 1.29 is 13.2 Å². The third kappa shape index (κ3) is 6.15. The number of nitrogens with zero attached hydrogens (tertiary/aromatic N) is 1. The smallest absolute Gasteiger partial charge is 0.240 e. The normalized spacial score (nSPS) is 14.8. The van der Waals surface area contributed by atoms with Crippen molar-refractivity contribution in [1.29, 1.82) is 0 Å². The molecule has 0 aliphatic heterocycles. The standard InChI is InChI=1S/C18H25BrN2O3S/c1-14-12-16(8-9-17(14)19)21(25(2,23)24)13-18(22)20-11-10-15-6-4-3-5-7-15/h6,8-9,12H,3-5,7,10-11,13H2,1-2H3,(H,20,22). The fraction of sp³-hybridized carbons (Fsp3) is 0.500. The molecule has 1 aromatic carbocycles. The second kappa shape index (κ2) is 8.85. The van der Waals surface area contributed by atoms with E-state index in [9.17, 15) is 13.2 Å². The van der Waals surface area contributed by atoms with Crippen LogP contribution < -0.4 is 9.62 Å². The number of sulfonamides is 1. The number of amides is 1. The third-order valence-corrected chi connectivity index (χ3v) is 6.30.